The van der Waals surface area contributed by atoms with Gasteiger partial charge < -0.3 is 10.4 Å². The van der Waals surface area contributed by atoms with E-state index in [1.807, 2.05) is 55.5 Å². The van der Waals surface area contributed by atoms with Crippen molar-refractivity contribution < 1.29 is 19.9 Å². The van der Waals surface area contributed by atoms with E-state index in [0.717, 1.165) is 53.9 Å². The first-order chi connectivity index (χ1) is 19.9. The van der Waals surface area contributed by atoms with Crippen molar-refractivity contribution >= 4 is 11.8 Å². The van der Waals surface area contributed by atoms with Gasteiger partial charge in [0, 0.05) is 13.0 Å². The summed E-state index contributed by atoms with van der Waals surface area (Å²) in [6.07, 6.45) is 5.57. The number of amides is 2. The van der Waals surface area contributed by atoms with Crippen molar-refractivity contribution in [3.05, 3.63) is 96.1 Å². The van der Waals surface area contributed by atoms with E-state index in [-0.39, 0.29) is 30.7 Å². The Morgan fingerprint density at radius 2 is 1.49 bits per heavy atom. The van der Waals surface area contributed by atoms with Gasteiger partial charge in [-0.05, 0) is 66.7 Å². The fourth-order valence-electron chi connectivity index (χ4n) is 5.95. The lowest BCUT2D eigenvalue weighted by atomic mass is 9.86. The molecule has 3 aromatic rings. The highest BCUT2D eigenvalue weighted by Gasteiger charge is 2.35. The maximum Gasteiger partial charge on any atom is 0.249 e. The van der Waals surface area contributed by atoms with E-state index in [2.05, 4.69) is 41.7 Å². The first kappa shape index (κ1) is 30.5. The smallest absolute Gasteiger partial charge is 0.249 e. The summed E-state index contributed by atoms with van der Waals surface area (Å²) < 4.78 is 0. The number of aliphatic hydroxyl groups is 1. The molecule has 4 rings (SSSR count). The molecule has 3 aromatic carbocycles. The van der Waals surface area contributed by atoms with Crippen LogP contribution in [0.15, 0.2) is 84.9 Å². The van der Waals surface area contributed by atoms with Crippen molar-refractivity contribution in [2.24, 2.45) is 11.8 Å². The molecule has 0 radical (unpaired) electrons. The lowest BCUT2D eigenvalue weighted by molar-refractivity contribution is -0.173. The van der Waals surface area contributed by atoms with Gasteiger partial charge in [-0.3, -0.25) is 14.8 Å². The number of hydrogen-bond acceptors (Lipinski definition) is 4. The van der Waals surface area contributed by atoms with Crippen LogP contribution in [0, 0.1) is 11.8 Å². The number of aliphatic hydroxyl groups excluding tert-OH is 1. The second kappa shape index (κ2) is 15.5. The number of nitrogens with zero attached hydrogens (tertiary/aromatic N) is 1. The Balaban J connectivity index is 1.32. The average molecular weight is 557 g/mol. The quantitative estimate of drug-likeness (QED) is 0.163. The average Bonchev–Trinajstić information content (AvgIpc) is 3.55. The van der Waals surface area contributed by atoms with Crippen LogP contribution in [0.2, 0.25) is 0 Å². The van der Waals surface area contributed by atoms with E-state index in [0.29, 0.717) is 19.3 Å². The summed E-state index contributed by atoms with van der Waals surface area (Å²) in [4.78, 5) is 26.6. The third-order valence-electron chi connectivity index (χ3n) is 8.37. The lowest BCUT2D eigenvalue weighted by Gasteiger charge is -2.28. The van der Waals surface area contributed by atoms with Crippen molar-refractivity contribution in [2.45, 2.75) is 76.9 Å². The van der Waals surface area contributed by atoms with Crippen molar-refractivity contribution in [3.8, 4) is 11.1 Å². The maximum absolute atomic E-state index is 13.4. The molecule has 0 spiro atoms. The van der Waals surface area contributed by atoms with Crippen LogP contribution in [0.5, 0.6) is 0 Å². The zero-order chi connectivity index (χ0) is 29.0. The predicted molar refractivity (Wildman–Crippen MR) is 162 cm³/mol. The Kier molecular flexibility index (Phi) is 11.5. The standard InChI is InChI=1S/C35H44N2O4/c1-2-33(38)32(24-27-12-5-3-6-13-27)36-34(39)25-31(30-17-9-10-18-30)35(40)37(41)23-11-14-26-19-21-29(22-20-26)28-15-7-4-8-16-28/h3-8,12-13,15-16,19-22,30-33,38,41H,2,9-11,14,17-18,23-25H2,1H3,(H,36,39)/t31-,32-,33-/m0/s1. The number of hydroxylamine groups is 2. The van der Waals surface area contributed by atoms with Crippen LogP contribution < -0.4 is 5.32 Å². The fraction of sp³-hybridized carbons (Fsp3) is 0.429. The topological polar surface area (TPSA) is 89.9 Å². The van der Waals surface area contributed by atoms with Crippen LogP contribution in [0.1, 0.15) is 63.0 Å². The second-order valence-corrected chi connectivity index (χ2v) is 11.3. The zero-order valence-corrected chi connectivity index (χ0v) is 24.1. The van der Waals surface area contributed by atoms with E-state index in [1.54, 1.807) is 0 Å². The van der Waals surface area contributed by atoms with Crippen LogP contribution in [-0.2, 0) is 22.4 Å². The molecule has 1 fully saturated rings. The molecule has 0 unspecified atom stereocenters. The van der Waals surface area contributed by atoms with Gasteiger partial charge in [-0.25, -0.2) is 5.06 Å². The van der Waals surface area contributed by atoms with Gasteiger partial charge in [0.05, 0.1) is 18.1 Å². The van der Waals surface area contributed by atoms with Gasteiger partial charge in [-0.2, -0.15) is 0 Å². The Morgan fingerprint density at radius 1 is 0.878 bits per heavy atom. The minimum atomic E-state index is -0.684. The Bertz CT molecular complexity index is 1210. The highest BCUT2D eigenvalue weighted by atomic mass is 16.5. The molecule has 2 amide bonds. The minimum Gasteiger partial charge on any atom is -0.391 e. The molecule has 6 heteroatoms. The van der Waals surface area contributed by atoms with E-state index in [4.69, 9.17) is 0 Å². The molecule has 0 aromatic heterocycles. The molecule has 6 nitrogen and oxygen atoms in total. The van der Waals surface area contributed by atoms with Gasteiger partial charge in [-0.1, -0.05) is 105 Å². The number of rotatable bonds is 14. The largest absolute Gasteiger partial charge is 0.391 e. The van der Waals surface area contributed by atoms with E-state index in [1.165, 1.54) is 5.56 Å². The summed E-state index contributed by atoms with van der Waals surface area (Å²) in [6, 6.07) is 27.9. The van der Waals surface area contributed by atoms with Gasteiger partial charge >= 0.3 is 0 Å². The highest BCUT2D eigenvalue weighted by Crippen LogP contribution is 2.34. The summed E-state index contributed by atoms with van der Waals surface area (Å²) in [5, 5.41) is 25.2. The summed E-state index contributed by atoms with van der Waals surface area (Å²) in [6.45, 7) is 2.11. The summed E-state index contributed by atoms with van der Waals surface area (Å²) in [5.41, 5.74) is 4.51. The molecule has 41 heavy (non-hydrogen) atoms. The van der Waals surface area contributed by atoms with Gasteiger partial charge in [0.2, 0.25) is 11.8 Å². The SMILES string of the molecule is CC[C@H](O)[C@H](Cc1ccccc1)NC(=O)C[C@H](C(=O)N(O)CCCc1ccc(-c2ccccc2)cc1)C1CCCC1. The van der Waals surface area contributed by atoms with Crippen molar-refractivity contribution in [1.82, 2.24) is 10.4 Å². The first-order valence-electron chi connectivity index (χ1n) is 15.1. The van der Waals surface area contributed by atoms with Crippen LogP contribution in [0.3, 0.4) is 0 Å². The minimum absolute atomic E-state index is 0.0171. The summed E-state index contributed by atoms with van der Waals surface area (Å²) >= 11 is 0. The van der Waals surface area contributed by atoms with E-state index < -0.39 is 18.1 Å². The van der Waals surface area contributed by atoms with Crippen LogP contribution in [0.25, 0.3) is 11.1 Å². The third kappa shape index (κ3) is 9.00. The highest BCUT2D eigenvalue weighted by molar-refractivity contribution is 5.85. The number of carbonyl (C=O) groups excluding carboxylic acids is 2. The fourth-order valence-corrected chi connectivity index (χ4v) is 5.95. The van der Waals surface area contributed by atoms with Gasteiger partial charge in [-0.15, -0.1) is 0 Å². The van der Waals surface area contributed by atoms with E-state index >= 15 is 0 Å². The number of aryl methyl sites for hydroxylation is 1. The normalized spacial score (nSPS) is 15.7. The Hall–Kier alpha value is -3.48. The molecule has 3 atom stereocenters. The molecule has 0 heterocycles. The van der Waals surface area contributed by atoms with Gasteiger partial charge in [0.15, 0.2) is 0 Å². The molecule has 0 bridgehead atoms. The Morgan fingerprint density at radius 3 is 2.12 bits per heavy atom. The number of hydrogen-bond donors (Lipinski definition) is 3. The maximum atomic E-state index is 13.4. The Labute approximate surface area is 244 Å². The zero-order valence-electron chi connectivity index (χ0n) is 24.1. The molecular formula is C35H44N2O4. The van der Waals surface area contributed by atoms with Crippen LogP contribution in [-0.4, -0.2) is 45.9 Å². The third-order valence-corrected chi connectivity index (χ3v) is 8.37. The monoisotopic (exact) mass is 556 g/mol. The van der Waals surface area contributed by atoms with Crippen molar-refractivity contribution in [1.29, 1.82) is 0 Å². The van der Waals surface area contributed by atoms with Crippen molar-refractivity contribution in [2.75, 3.05) is 6.54 Å². The molecule has 218 valence electrons. The molecule has 1 aliphatic rings. The van der Waals surface area contributed by atoms with Crippen LogP contribution in [0.4, 0.5) is 0 Å². The number of carbonyl (C=O) groups is 2. The summed E-state index contributed by atoms with van der Waals surface area (Å²) in [5.74, 6) is -1.11. The molecule has 1 saturated carbocycles. The molecule has 3 N–H and O–H groups in total. The lowest BCUT2D eigenvalue weighted by Crippen LogP contribution is -2.47. The van der Waals surface area contributed by atoms with Gasteiger partial charge in [0.25, 0.3) is 0 Å². The molecular weight excluding hydrogens is 512 g/mol. The van der Waals surface area contributed by atoms with Gasteiger partial charge in [0.1, 0.15) is 0 Å². The predicted octanol–water partition coefficient (Wildman–Crippen LogP) is 6.20. The second-order valence-electron chi connectivity index (χ2n) is 11.3. The number of benzene rings is 3. The van der Waals surface area contributed by atoms with Crippen LogP contribution >= 0.6 is 0 Å². The molecule has 0 aliphatic heterocycles. The summed E-state index contributed by atoms with van der Waals surface area (Å²) in [7, 11) is 0. The molecule has 0 saturated heterocycles. The number of nitrogens with one attached hydrogen (secondary N) is 1. The molecule has 1 aliphatic carbocycles. The van der Waals surface area contributed by atoms with Crippen molar-refractivity contribution in [3.63, 3.8) is 0 Å². The first-order valence-corrected chi connectivity index (χ1v) is 15.1. The van der Waals surface area contributed by atoms with E-state index in [9.17, 15) is 19.9 Å².